The zero-order chi connectivity index (χ0) is 10.1. The molecule has 0 fully saturated rings. The first-order valence-corrected chi connectivity index (χ1v) is 4.84. The van der Waals surface area contributed by atoms with Crippen LogP contribution in [0.1, 0.15) is 32.6 Å². The third-order valence-corrected chi connectivity index (χ3v) is 1.81. The van der Waals surface area contributed by atoms with E-state index in [9.17, 15) is 4.79 Å². The second kappa shape index (κ2) is 8.01. The predicted molar refractivity (Wildman–Crippen MR) is 52.1 cm³/mol. The molecule has 4 N–H and O–H groups in total. The molecular formula is C9H20N2O2. The lowest BCUT2D eigenvalue weighted by molar-refractivity contribution is -0.144. The van der Waals surface area contributed by atoms with E-state index in [0.717, 1.165) is 19.3 Å². The molecule has 78 valence electrons. The lowest BCUT2D eigenvalue weighted by Gasteiger charge is -2.09. The molecule has 0 aliphatic carbocycles. The Morgan fingerprint density at radius 3 is 2.62 bits per heavy atom. The fourth-order valence-electron chi connectivity index (χ4n) is 1.05. The van der Waals surface area contributed by atoms with Gasteiger partial charge in [-0.2, -0.15) is 0 Å². The number of carbonyl (C=O) groups excluding carboxylic acids is 1. The maximum Gasteiger partial charge on any atom is 0.322 e. The molecule has 0 saturated heterocycles. The van der Waals surface area contributed by atoms with Gasteiger partial charge in [-0.05, 0) is 26.3 Å². The van der Waals surface area contributed by atoms with E-state index in [4.69, 9.17) is 16.2 Å². The van der Waals surface area contributed by atoms with Gasteiger partial charge >= 0.3 is 5.97 Å². The zero-order valence-corrected chi connectivity index (χ0v) is 8.29. The van der Waals surface area contributed by atoms with Gasteiger partial charge in [0.05, 0.1) is 6.61 Å². The second-order valence-corrected chi connectivity index (χ2v) is 3.00. The fourth-order valence-corrected chi connectivity index (χ4v) is 1.05. The molecular weight excluding hydrogens is 168 g/mol. The predicted octanol–water partition coefficient (Wildman–Crippen LogP) is 0.396. The van der Waals surface area contributed by atoms with Crippen LogP contribution >= 0.6 is 0 Å². The first-order chi connectivity index (χ1) is 6.22. The van der Waals surface area contributed by atoms with E-state index < -0.39 is 6.04 Å². The Hall–Kier alpha value is -0.610. The van der Waals surface area contributed by atoms with Crippen LogP contribution in [-0.4, -0.2) is 25.2 Å². The highest BCUT2D eigenvalue weighted by Gasteiger charge is 2.12. The summed E-state index contributed by atoms with van der Waals surface area (Å²) in [5.74, 6) is -0.296. The molecule has 0 rings (SSSR count). The van der Waals surface area contributed by atoms with Crippen LogP contribution in [0.5, 0.6) is 0 Å². The van der Waals surface area contributed by atoms with Crippen molar-refractivity contribution in [2.45, 2.75) is 38.6 Å². The molecule has 0 spiro atoms. The molecule has 0 heterocycles. The van der Waals surface area contributed by atoms with E-state index in [2.05, 4.69) is 0 Å². The molecule has 0 amide bonds. The lowest BCUT2D eigenvalue weighted by atomic mass is 10.1. The minimum absolute atomic E-state index is 0.296. The minimum Gasteiger partial charge on any atom is -0.465 e. The number of esters is 1. The van der Waals surface area contributed by atoms with Crippen molar-refractivity contribution in [1.82, 2.24) is 0 Å². The second-order valence-electron chi connectivity index (χ2n) is 3.00. The molecule has 13 heavy (non-hydrogen) atoms. The molecule has 4 nitrogen and oxygen atoms in total. The average Bonchev–Trinajstić information content (AvgIpc) is 2.12. The molecule has 0 aromatic rings. The number of rotatable bonds is 7. The lowest BCUT2D eigenvalue weighted by Crippen LogP contribution is -2.32. The molecule has 1 atom stereocenters. The molecule has 0 aliphatic rings. The summed E-state index contributed by atoms with van der Waals surface area (Å²) < 4.78 is 4.77. The first-order valence-electron chi connectivity index (χ1n) is 4.84. The topological polar surface area (TPSA) is 78.3 Å². The summed E-state index contributed by atoms with van der Waals surface area (Å²) in [6.07, 6.45) is 3.66. The van der Waals surface area contributed by atoms with Gasteiger partial charge in [-0.1, -0.05) is 12.8 Å². The highest BCUT2D eigenvalue weighted by atomic mass is 16.5. The van der Waals surface area contributed by atoms with Gasteiger partial charge in [0, 0.05) is 0 Å². The molecule has 4 heteroatoms. The molecule has 0 radical (unpaired) electrons. The SMILES string of the molecule is CCOC(=O)C(N)CCCCCN. The number of nitrogens with two attached hydrogens (primary N) is 2. The van der Waals surface area contributed by atoms with Crippen LogP contribution < -0.4 is 11.5 Å². The molecule has 0 aliphatic heterocycles. The van der Waals surface area contributed by atoms with Crippen molar-refractivity contribution in [3.63, 3.8) is 0 Å². The van der Waals surface area contributed by atoms with Gasteiger partial charge in [-0.3, -0.25) is 4.79 Å². The number of ether oxygens (including phenoxy) is 1. The standard InChI is InChI=1S/C9H20N2O2/c1-2-13-9(12)8(11)6-4-3-5-7-10/h8H,2-7,10-11H2,1H3. The van der Waals surface area contributed by atoms with Gasteiger partial charge in [-0.25, -0.2) is 0 Å². The summed E-state index contributed by atoms with van der Waals surface area (Å²) >= 11 is 0. The Kier molecular flexibility index (Phi) is 7.63. The Balaban J connectivity index is 3.38. The molecule has 0 saturated carbocycles. The maximum absolute atomic E-state index is 11.0. The maximum atomic E-state index is 11.0. The van der Waals surface area contributed by atoms with Crippen molar-refractivity contribution in [3.05, 3.63) is 0 Å². The van der Waals surface area contributed by atoms with Crippen molar-refractivity contribution >= 4 is 5.97 Å². The Morgan fingerprint density at radius 1 is 1.38 bits per heavy atom. The molecule has 0 bridgehead atoms. The summed E-state index contributed by atoms with van der Waals surface area (Å²) in [7, 11) is 0. The van der Waals surface area contributed by atoms with Crippen molar-refractivity contribution in [2.24, 2.45) is 11.5 Å². The quantitative estimate of drug-likeness (QED) is 0.447. The van der Waals surface area contributed by atoms with Crippen LogP contribution in [0.4, 0.5) is 0 Å². The molecule has 0 aromatic heterocycles. The highest BCUT2D eigenvalue weighted by molar-refractivity contribution is 5.75. The van der Waals surface area contributed by atoms with E-state index in [1.807, 2.05) is 0 Å². The number of hydrogen-bond donors (Lipinski definition) is 2. The van der Waals surface area contributed by atoms with Crippen LogP contribution in [0.3, 0.4) is 0 Å². The fraction of sp³-hybridized carbons (Fsp3) is 0.889. The highest BCUT2D eigenvalue weighted by Crippen LogP contribution is 2.02. The van der Waals surface area contributed by atoms with Crippen molar-refractivity contribution in [3.8, 4) is 0 Å². The van der Waals surface area contributed by atoms with Crippen LogP contribution in [-0.2, 0) is 9.53 Å². The van der Waals surface area contributed by atoms with Crippen LogP contribution in [0.2, 0.25) is 0 Å². The van der Waals surface area contributed by atoms with E-state index in [1.54, 1.807) is 6.92 Å². The van der Waals surface area contributed by atoms with Gasteiger partial charge in [0.25, 0.3) is 0 Å². The normalized spacial score (nSPS) is 12.5. The van der Waals surface area contributed by atoms with Crippen LogP contribution in [0.15, 0.2) is 0 Å². The molecule has 1 unspecified atom stereocenters. The number of carbonyl (C=O) groups is 1. The zero-order valence-electron chi connectivity index (χ0n) is 8.29. The summed E-state index contributed by atoms with van der Waals surface area (Å²) in [6, 6.07) is -0.460. The Bertz CT molecular complexity index is 140. The van der Waals surface area contributed by atoms with Crippen molar-refractivity contribution < 1.29 is 9.53 Å². The van der Waals surface area contributed by atoms with E-state index in [1.165, 1.54) is 0 Å². The van der Waals surface area contributed by atoms with Gasteiger partial charge in [-0.15, -0.1) is 0 Å². The van der Waals surface area contributed by atoms with E-state index >= 15 is 0 Å². The first kappa shape index (κ1) is 12.4. The van der Waals surface area contributed by atoms with Gasteiger partial charge < -0.3 is 16.2 Å². The van der Waals surface area contributed by atoms with Crippen molar-refractivity contribution in [1.29, 1.82) is 0 Å². The third kappa shape index (κ3) is 6.54. The van der Waals surface area contributed by atoms with Gasteiger partial charge in [0.1, 0.15) is 6.04 Å². The van der Waals surface area contributed by atoms with Crippen LogP contribution in [0, 0.1) is 0 Å². The van der Waals surface area contributed by atoms with Gasteiger partial charge in [0.15, 0.2) is 0 Å². The summed E-state index contributed by atoms with van der Waals surface area (Å²) in [5, 5.41) is 0. The number of unbranched alkanes of at least 4 members (excludes halogenated alkanes) is 2. The number of hydrogen-bond acceptors (Lipinski definition) is 4. The summed E-state index contributed by atoms with van der Waals surface area (Å²) in [5.41, 5.74) is 10.9. The summed E-state index contributed by atoms with van der Waals surface area (Å²) in [6.45, 7) is 2.88. The Morgan fingerprint density at radius 2 is 2.08 bits per heavy atom. The Labute approximate surface area is 79.6 Å². The minimum atomic E-state index is -0.460. The monoisotopic (exact) mass is 188 g/mol. The van der Waals surface area contributed by atoms with Crippen molar-refractivity contribution in [2.75, 3.05) is 13.2 Å². The largest absolute Gasteiger partial charge is 0.465 e. The summed E-state index contributed by atoms with van der Waals surface area (Å²) in [4.78, 5) is 11.0. The van der Waals surface area contributed by atoms with E-state index in [0.29, 0.717) is 19.6 Å². The smallest absolute Gasteiger partial charge is 0.322 e. The average molecular weight is 188 g/mol. The third-order valence-electron chi connectivity index (χ3n) is 1.81. The van der Waals surface area contributed by atoms with Gasteiger partial charge in [0.2, 0.25) is 0 Å². The molecule has 0 aromatic carbocycles. The van der Waals surface area contributed by atoms with E-state index in [-0.39, 0.29) is 5.97 Å². The van der Waals surface area contributed by atoms with Crippen LogP contribution in [0.25, 0.3) is 0 Å².